The lowest BCUT2D eigenvalue weighted by Gasteiger charge is -2.19. The predicted octanol–water partition coefficient (Wildman–Crippen LogP) is 3.05. The maximum atomic E-state index is 12.1. The van der Waals surface area contributed by atoms with E-state index in [4.69, 9.17) is 10.5 Å². The summed E-state index contributed by atoms with van der Waals surface area (Å²) >= 11 is 0. The number of alkyl halides is 3. The fourth-order valence-corrected chi connectivity index (χ4v) is 1.71. The van der Waals surface area contributed by atoms with E-state index < -0.39 is 12.6 Å². The van der Waals surface area contributed by atoms with Crippen LogP contribution in [0.15, 0.2) is 18.2 Å². The Morgan fingerprint density at radius 1 is 1.32 bits per heavy atom. The molecule has 0 saturated carbocycles. The minimum atomic E-state index is -4.13. The Morgan fingerprint density at radius 3 is 2.58 bits per heavy atom. The summed E-state index contributed by atoms with van der Waals surface area (Å²) in [6.07, 6.45) is -4.96. The van der Waals surface area contributed by atoms with Gasteiger partial charge in [-0.1, -0.05) is 0 Å². The fraction of sp³-hybridized carbons (Fsp3) is 0.538. The molecule has 0 unspecified atom stereocenters. The number of rotatable bonds is 6. The monoisotopic (exact) mass is 276 g/mol. The maximum absolute atomic E-state index is 12.1. The van der Waals surface area contributed by atoms with Crippen molar-refractivity contribution >= 4 is 5.69 Å². The predicted molar refractivity (Wildman–Crippen MR) is 69.0 cm³/mol. The molecule has 0 aliphatic heterocycles. The van der Waals surface area contributed by atoms with Crippen molar-refractivity contribution in [2.45, 2.75) is 26.1 Å². The van der Waals surface area contributed by atoms with E-state index in [2.05, 4.69) is 0 Å². The molecule has 0 fully saturated rings. The van der Waals surface area contributed by atoms with Crippen LogP contribution in [0.2, 0.25) is 0 Å². The maximum Gasteiger partial charge on any atom is 0.390 e. The van der Waals surface area contributed by atoms with Crippen LogP contribution in [0, 0.1) is 0 Å². The van der Waals surface area contributed by atoms with Crippen molar-refractivity contribution < 1.29 is 17.9 Å². The highest BCUT2D eigenvalue weighted by molar-refractivity contribution is 5.47. The molecule has 0 aromatic heterocycles. The van der Waals surface area contributed by atoms with E-state index in [1.54, 1.807) is 30.1 Å². The quantitative estimate of drug-likeness (QED) is 0.812. The first-order chi connectivity index (χ1) is 8.81. The van der Waals surface area contributed by atoms with Gasteiger partial charge in [0.05, 0.1) is 13.0 Å². The molecule has 0 atom stereocenters. The zero-order valence-electron chi connectivity index (χ0n) is 11.1. The van der Waals surface area contributed by atoms with Crippen LogP contribution in [-0.2, 0) is 6.54 Å². The largest absolute Gasteiger partial charge is 0.494 e. The lowest BCUT2D eigenvalue weighted by molar-refractivity contribution is -0.137. The second-order valence-corrected chi connectivity index (χ2v) is 4.40. The van der Waals surface area contributed by atoms with Gasteiger partial charge in [0.25, 0.3) is 0 Å². The van der Waals surface area contributed by atoms with E-state index in [9.17, 15) is 13.2 Å². The number of hydrogen-bond acceptors (Lipinski definition) is 3. The molecule has 2 N–H and O–H groups in total. The minimum Gasteiger partial charge on any atom is -0.494 e. The van der Waals surface area contributed by atoms with Gasteiger partial charge in [-0.25, -0.2) is 0 Å². The molecule has 1 aromatic rings. The van der Waals surface area contributed by atoms with Gasteiger partial charge in [0.15, 0.2) is 0 Å². The Kier molecular flexibility index (Phi) is 5.47. The third-order valence-corrected chi connectivity index (χ3v) is 2.60. The summed E-state index contributed by atoms with van der Waals surface area (Å²) in [4.78, 5) is 1.60. The van der Waals surface area contributed by atoms with Gasteiger partial charge in [-0.05, 0) is 32.2 Å². The average Bonchev–Trinajstić information content (AvgIpc) is 2.29. The van der Waals surface area contributed by atoms with E-state index in [1.807, 2.05) is 6.92 Å². The van der Waals surface area contributed by atoms with Crippen LogP contribution in [0.3, 0.4) is 0 Å². The van der Waals surface area contributed by atoms with Gasteiger partial charge in [-0.15, -0.1) is 0 Å². The molecule has 0 aliphatic carbocycles. The molecule has 0 aliphatic rings. The van der Waals surface area contributed by atoms with Gasteiger partial charge in [0.1, 0.15) is 5.75 Å². The first-order valence-electron chi connectivity index (χ1n) is 6.08. The molecule has 0 saturated heterocycles. The van der Waals surface area contributed by atoms with Crippen LogP contribution in [0.25, 0.3) is 0 Å². The first kappa shape index (κ1) is 15.6. The lowest BCUT2D eigenvalue weighted by atomic mass is 10.1. The number of nitrogen functional groups attached to an aromatic ring is 1. The van der Waals surface area contributed by atoms with Gasteiger partial charge in [0, 0.05) is 24.3 Å². The van der Waals surface area contributed by atoms with E-state index in [-0.39, 0.29) is 6.54 Å². The summed E-state index contributed by atoms with van der Waals surface area (Å²) < 4.78 is 41.9. The van der Waals surface area contributed by atoms with Crippen molar-refractivity contribution in [2.24, 2.45) is 0 Å². The van der Waals surface area contributed by atoms with Crippen molar-refractivity contribution in [3.8, 4) is 5.75 Å². The summed E-state index contributed by atoms with van der Waals surface area (Å²) in [6.45, 7) is 2.68. The average molecular weight is 276 g/mol. The minimum absolute atomic E-state index is 0.0517. The number of nitrogens with zero attached hydrogens (tertiary/aromatic N) is 1. The van der Waals surface area contributed by atoms with E-state index >= 15 is 0 Å². The Balaban J connectivity index is 2.66. The molecule has 0 spiro atoms. The van der Waals surface area contributed by atoms with Crippen LogP contribution >= 0.6 is 0 Å². The van der Waals surface area contributed by atoms with Crippen molar-refractivity contribution in [3.63, 3.8) is 0 Å². The standard InChI is InChI=1S/C13H19F3N2O/c1-3-19-12-5-4-11(17)8-10(12)9-18(2)7-6-13(14,15)16/h4-5,8H,3,6-7,9,17H2,1-2H3. The van der Waals surface area contributed by atoms with Crippen molar-refractivity contribution in [2.75, 3.05) is 25.9 Å². The number of benzene rings is 1. The van der Waals surface area contributed by atoms with Crippen molar-refractivity contribution in [1.82, 2.24) is 4.90 Å². The Hall–Kier alpha value is -1.43. The van der Waals surface area contributed by atoms with E-state index in [0.717, 1.165) is 5.56 Å². The molecule has 6 heteroatoms. The molecule has 0 radical (unpaired) electrons. The van der Waals surface area contributed by atoms with Crippen LogP contribution in [0.4, 0.5) is 18.9 Å². The van der Waals surface area contributed by atoms with Gasteiger partial charge in [0.2, 0.25) is 0 Å². The summed E-state index contributed by atoms with van der Waals surface area (Å²) in [5.74, 6) is 0.663. The van der Waals surface area contributed by atoms with E-state index in [1.165, 1.54) is 0 Å². The normalized spacial score (nSPS) is 11.9. The highest BCUT2D eigenvalue weighted by atomic mass is 19.4. The summed E-state index contributed by atoms with van der Waals surface area (Å²) in [5.41, 5.74) is 7.06. The molecule has 108 valence electrons. The molecule has 19 heavy (non-hydrogen) atoms. The van der Waals surface area contributed by atoms with Crippen LogP contribution in [-0.4, -0.2) is 31.3 Å². The van der Waals surface area contributed by atoms with Crippen LogP contribution in [0.1, 0.15) is 18.9 Å². The third kappa shape index (κ3) is 5.83. The van der Waals surface area contributed by atoms with Gasteiger partial charge in [-0.2, -0.15) is 13.2 Å². The summed E-state index contributed by atoms with van der Waals surface area (Å²) in [7, 11) is 1.64. The lowest BCUT2D eigenvalue weighted by Crippen LogP contribution is -2.24. The van der Waals surface area contributed by atoms with E-state index in [0.29, 0.717) is 24.6 Å². The fourth-order valence-electron chi connectivity index (χ4n) is 1.71. The number of ether oxygens (including phenoxy) is 1. The number of nitrogens with two attached hydrogens (primary N) is 1. The van der Waals surface area contributed by atoms with Crippen LogP contribution < -0.4 is 10.5 Å². The molecule has 0 heterocycles. The SMILES string of the molecule is CCOc1ccc(N)cc1CN(C)CCC(F)(F)F. The summed E-state index contributed by atoms with van der Waals surface area (Å²) in [5, 5.41) is 0. The Morgan fingerprint density at radius 2 is 2.00 bits per heavy atom. The van der Waals surface area contributed by atoms with Gasteiger partial charge in [-0.3, -0.25) is 0 Å². The van der Waals surface area contributed by atoms with Gasteiger partial charge >= 0.3 is 6.18 Å². The second-order valence-electron chi connectivity index (χ2n) is 4.40. The molecular formula is C13H19F3N2O. The van der Waals surface area contributed by atoms with Crippen molar-refractivity contribution in [1.29, 1.82) is 0 Å². The summed E-state index contributed by atoms with van der Waals surface area (Å²) in [6, 6.07) is 5.19. The smallest absolute Gasteiger partial charge is 0.390 e. The molecule has 0 bridgehead atoms. The Labute approximate surface area is 111 Å². The molecule has 0 amide bonds. The zero-order valence-corrected chi connectivity index (χ0v) is 11.1. The highest BCUT2D eigenvalue weighted by Crippen LogP contribution is 2.24. The Bertz CT molecular complexity index is 407. The van der Waals surface area contributed by atoms with Gasteiger partial charge < -0.3 is 15.4 Å². The second kappa shape index (κ2) is 6.65. The number of hydrogen-bond donors (Lipinski definition) is 1. The number of halogens is 3. The van der Waals surface area contributed by atoms with Crippen molar-refractivity contribution in [3.05, 3.63) is 23.8 Å². The highest BCUT2D eigenvalue weighted by Gasteiger charge is 2.27. The third-order valence-electron chi connectivity index (χ3n) is 2.60. The topological polar surface area (TPSA) is 38.5 Å². The molecule has 1 aromatic carbocycles. The first-order valence-corrected chi connectivity index (χ1v) is 6.08. The molecular weight excluding hydrogens is 257 g/mol. The molecule has 3 nitrogen and oxygen atoms in total. The number of anilines is 1. The van der Waals surface area contributed by atoms with Crippen LogP contribution in [0.5, 0.6) is 5.75 Å². The molecule has 1 rings (SSSR count). The zero-order chi connectivity index (χ0) is 14.5.